The number of hydrogen-bond donors (Lipinski definition) is 1. The number of hydrogen-bond acceptors (Lipinski definition) is 4. The summed E-state index contributed by atoms with van der Waals surface area (Å²) in [7, 11) is 1.59. The standard InChI is InChI=1S/C13H19NO3/c1-4-5-8-17-12-7-6-11(10(2)14-15)9-13(12)16-3/h6-7,9,15H,4-5,8H2,1-3H3/b14-10+. The van der Waals surface area contributed by atoms with Gasteiger partial charge in [-0.05, 0) is 31.5 Å². The topological polar surface area (TPSA) is 51.0 Å². The van der Waals surface area contributed by atoms with Gasteiger partial charge >= 0.3 is 0 Å². The van der Waals surface area contributed by atoms with Crippen LogP contribution < -0.4 is 9.47 Å². The number of benzene rings is 1. The van der Waals surface area contributed by atoms with Crippen molar-refractivity contribution in [3.8, 4) is 11.5 Å². The lowest BCUT2D eigenvalue weighted by Gasteiger charge is -2.11. The molecular weight excluding hydrogens is 218 g/mol. The quantitative estimate of drug-likeness (QED) is 0.358. The van der Waals surface area contributed by atoms with Gasteiger partial charge in [-0.3, -0.25) is 0 Å². The number of unbranched alkanes of at least 4 members (excludes halogenated alkanes) is 1. The van der Waals surface area contributed by atoms with Crippen LogP contribution in [0.15, 0.2) is 23.4 Å². The third-order valence-electron chi connectivity index (χ3n) is 2.49. The van der Waals surface area contributed by atoms with Crippen LogP contribution >= 0.6 is 0 Å². The molecule has 0 saturated carbocycles. The minimum atomic E-state index is 0.545. The van der Waals surface area contributed by atoms with Gasteiger partial charge in [-0.1, -0.05) is 18.5 Å². The number of oxime groups is 1. The molecule has 4 nitrogen and oxygen atoms in total. The van der Waals surface area contributed by atoms with E-state index in [1.165, 1.54) is 0 Å². The Hall–Kier alpha value is -1.71. The molecule has 1 N–H and O–H groups in total. The fraction of sp³-hybridized carbons (Fsp3) is 0.462. The highest BCUT2D eigenvalue weighted by molar-refractivity contribution is 5.98. The predicted octanol–water partition coefficient (Wildman–Crippen LogP) is 3.07. The van der Waals surface area contributed by atoms with Gasteiger partial charge in [0.15, 0.2) is 11.5 Å². The van der Waals surface area contributed by atoms with E-state index in [4.69, 9.17) is 14.7 Å². The van der Waals surface area contributed by atoms with Crippen molar-refractivity contribution in [2.45, 2.75) is 26.7 Å². The van der Waals surface area contributed by atoms with Gasteiger partial charge in [0.1, 0.15) is 0 Å². The zero-order valence-electron chi connectivity index (χ0n) is 10.6. The Morgan fingerprint density at radius 2 is 2.12 bits per heavy atom. The van der Waals surface area contributed by atoms with E-state index in [2.05, 4.69) is 12.1 Å². The molecule has 0 aliphatic heterocycles. The summed E-state index contributed by atoms with van der Waals surface area (Å²) < 4.78 is 10.9. The first-order valence-corrected chi connectivity index (χ1v) is 5.72. The maximum Gasteiger partial charge on any atom is 0.161 e. The van der Waals surface area contributed by atoms with E-state index in [-0.39, 0.29) is 0 Å². The summed E-state index contributed by atoms with van der Waals surface area (Å²) >= 11 is 0. The van der Waals surface area contributed by atoms with Crippen molar-refractivity contribution in [3.63, 3.8) is 0 Å². The van der Waals surface area contributed by atoms with Crippen molar-refractivity contribution < 1.29 is 14.7 Å². The third-order valence-corrected chi connectivity index (χ3v) is 2.49. The highest BCUT2D eigenvalue weighted by atomic mass is 16.5. The number of nitrogens with zero attached hydrogens (tertiary/aromatic N) is 1. The van der Waals surface area contributed by atoms with Gasteiger partial charge in [0.05, 0.1) is 19.4 Å². The second-order valence-corrected chi connectivity index (χ2v) is 3.75. The molecule has 0 atom stereocenters. The highest BCUT2D eigenvalue weighted by Crippen LogP contribution is 2.28. The van der Waals surface area contributed by atoms with Gasteiger partial charge < -0.3 is 14.7 Å². The van der Waals surface area contributed by atoms with E-state index in [1.54, 1.807) is 20.1 Å². The third kappa shape index (κ3) is 3.66. The molecular formula is C13H19NO3. The monoisotopic (exact) mass is 237 g/mol. The SMILES string of the molecule is CCCCOc1ccc(/C(C)=N/O)cc1OC. The number of rotatable bonds is 6. The average Bonchev–Trinajstić information content (AvgIpc) is 2.38. The second kappa shape index (κ2) is 6.78. The molecule has 0 bridgehead atoms. The first-order valence-electron chi connectivity index (χ1n) is 5.72. The molecule has 0 aliphatic carbocycles. The van der Waals surface area contributed by atoms with Crippen molar-refractivity contribution in [3.05, 3.63) is 23.8 Å². The number of ether oxygens (including phenoxy) is 2. The van der Waals surface area contributed by atoms with E-state index in [0.29, 0.717) is 18.1 Å². The van der Waals surface area contributed by atoms with Crippen molar-refractivity contribution in [2.24, 2.45) is 5.16 Å². The summed E-state index contributed by atoms with van der Waals surface area (Å²) in [5.74, 6) is 1.37. The van der Waals surface area contributed by atoms with Crippen LogP contribution in [-0.2, 0) is 0 Å². The fourth-order valence-corrected chi connectivity index (χ4v) is 1.40. The molecule has 0 spiro atoms. The largest absolute Gasteiger partial charge is 0.493 e. The van der Waals surface area contributed by atoms with Crippen LogP contribution in [-0.4, -0.2) is 24.6 Å². The van der Waals surface area contributed by atoms with Gasteiger partial charge in [-0.2, -0.15) is 0 Å². The summed E-state index contributed by atoms with van der Waals surface area (Å²) in [4.78, 5) is 0. The second-order valence-electron chi connectivity index (χ2n) is 3.75. The fourth-order valence-electron chi connectivity index (χ4n) is 1.40. The van der Waals surface area contributed by atoms with Gasteiger partial charge in [0.2, 0.25) is 0 Å². The van der Waals surface area contributed by atoms with E-state index < -0.39 is 0 Å². The Balaban J connectivity index is 2.85. The summed E-state index contributed by atoms with van der Waals surface area (Å²) in [6.45, 7) is 4.52. The summed E-state index contributed by atoms with van der Waals surface area (Å²) in [5, 5.41) is 11.9. The van der Waals surface area contributed by atoms with Gasteiger partial charge in [-0.25, -0.2) is 0 Å². The minimum absolute atomic E-state index is 0.545. The molecule has 1 rings (SSSR count). The molecule has 94 valence electrons. The van der Waals surface area contributed by atoms with Crippen LogP contribution in [0.25, 0.3) is 0 Å². The smallest absolute Gasteiger partial charge is 0.161 e. The lowest BCUT2D eigenvalue weighted by molar-refractivity contribution is 0.288. The molecule has 0 heterocycles. The summed E-state index contributed by atoms with van der Waals surface area (Å²) in [6, 6.07) is 5.48. The van der Waals surface area contributed by atoms with E-state index >= 15 is 0 Å². The van der Waals surface area contributed by atoms with Crippen molar-refractivity contribution in [2.75, 3.05) is 13.7 Å². The molecule has 4 heteroatoms. The van der Waals surface area contributed by atoms with Crippen LogP contribution in [0.5, 0.6) is 11.5 Å². The first-order chi connectivity index (χ1) is 8.22. The van der Waals surface area contributed by atoms with E-state index in [1.807, 2.05) is 12.1 Å². The Morgan fingerprint density at radius 3 is 2.71 bits per heavy atom. The molecule has 0 saturated heterocycles. The molecule has 0 fully saturated rings. The van der Waals surface area contributed by atoms with Crippen molar-refractivity contribution in [1.29, 1.82) is 0 Å². The molecule has 0 amide bonds. The van der Waals surface area contributed by atoms with Crippen LogP contribution in [0, 0.1) is 0 Å². The molecule has 0 aliphatic rings. The lowest BCUT2D eigenvalue weighted by atomic mass is 10.1. The number of methoxy groups -OCH3 is 1. The molecule has 1 aromatic rings. The Labute approximate surface area is 102 Å². The van der Waals surface area contributed by atoms with E-state index in [9.17, 15) is 0 Å². The molecule has 0 unspecified atom stereocenters. The van der Waals surface area contributed by atoms with Crippen LogP contribution in [0.4, 0.5) is 0 Å². The Morgan fingerprint density at radius 1 is 1.35 bits per heavy atom. The van der Waals surface area contributed by atoms with E-state index in [0.717, 1.165) is 24.2 Å². The zero-order valence-corrected chi connectivity index (χ0v) is 10.6. The lowest BCUT2D eigenvalue weighted by Crippen LogP contribution is -2.01. The highest BCUT2D eigenvalue weighted by Gasteiger charge is 2.07. The molecule has 0 radical (unpaired) electrons. The molecule has 17 heavy (non-hydrogen) atoms. The summed E-state index contributed by atoms with van der Waals surface area (Å²) in [5.41, 5.74) is 1.36. The molecule has 1 aromatic carbocycles. The van der Waals surface area contributed by atoms with Crippen LogP contribution in [0.1, 0.15) is 32.3 Å². The average molecular weight is 237 g/mol. The maximum absolute atomic E-state index is 8.71. The molecule has 0 aromatic heterocycles. The maximum atomic E-state index is 8.71. The normalized spacial score (nSPS) is 11.4. The Bertz CT molecular complexity index is 388. The van der Waals surface area contributed by atoms with Crippen LogP contribution in [0.3, 0.4) is 0 Å². The predicted molar refractivity (Wildman–Crippen MR) is 67.4 cm³/mol. The Kier molecular flexibility index (Phi) is 5.33. The summed E-state index contributed by atoms with van der Waals surface area (Å²) in [6.07, 6.45) is 2.11. The zero-order chi connectivity index (χ0) is 12.7. The first kappa shape index (κ1) is 13.4. The van der Waals surface area contributed by atoms with Gasteiger partial charge in [0, 0.05) is 5.56 Å². The van der Waals surface area contributed by atoms with Crippen molar-refractivity contribution in [1.82, 2.24) is 0 Å². The van der Waals surface area contributed by atoms with Gasteiger partial charge in [-0.15, -0.1) is 0 Å². The minimum Gasteiger partial charge on any atom is -0.493 e. The van der Waals surface area contributed by atoms with Gasteiger partial charge in [0.25, 0.3) is 0 Å². The van der Waals surface area contributed by atoms with Crippen LogP contribution in [0.2, 0.25) is 0 Å². The van der Waals surface area contributed by atoms with Crippen molar-refractivity contribution >= 4 is 5.71 Å².